The summed E-state index contributed by atoms with van der Waals surface area (Å²) < 4.78 is 9.30. The number of esters is 2. The molecule has 1 rings (SSSR count). The number of allylic oxidation sites excluding steroid dienone is 2. The van der Waals surface area contributed by atoms with E-state index in [-0.39, 0.29) is 5.92 Å². The Kier molecular flexibility index (Phi) is 4.52. The summed E-state index contributed by atoms with van der Waals surface area (Å²) in [7, 11) is 2.57. The van der Waals surface area contributed by atoms with Gasteiger partial charge in [-0.25, -0.2) is 0 Å². The van der Waals surface area contributed by atoms with Crippen LogP contribution in [0, 0.1) is 11.8 Å². The summed E-state index contributed by atoms with van der Waals surface area (Å²) in [5.74, 6) is -2.01. The highest BCUT2D eigenvalue weighted by Crippen LogP contribution is 2.31. The average Bonchev–Trinajstić information content (AvgIpc) is 2.81. The van der Waals surface area contributed by atoms with Gasteiger partial charge in [0.05, 0.1) is 14.2 Å². The van der Waals surface area contributed by atoms with Crippen LogP contribution in [0.3, 0.4) is 0 Å². The Hall–Kier alpha value is -1.32. The number of carbonyl (C=O) groups excluding carboxylic acids is 2. The van der Waals surface area contributed by atoms with E-state index < -0.39 is 17.9 Å². The predicted molar refractivity (Wildman–Crippen MR) is 58.6 cm³/mol. The first-order chi connectivity index (χ1) is 7.61. The van der Waals surface area contributed by atoms with E-state index in [0.29, 0.717) is 0 Å². The molecule has 0 aromatic heterocycles. The van der Waals surface area contributed by atoms with Crippen LogP contribution in [0.1, 0.15) is 26.2 Å². The third-order valence-corrected chi connectivity index (χ3v) is 3.07. The minimum atomic E-state index is -0.834. The molecule has 1 aliphatic rings. The van der Waals surface area contributed by atoms with Crippen molar-refractivity contribution < 1.29 is 19.1 Å². The fourth-order valence-corrected chi connectivity index (χ4v) is 2.08. The number of carbonyl (C=O) groups is 2. The van der Waals surface area contributed by atoms with E-state index in [9.17, 15) is 9.59 Å². The molecule has 0 saturated carbocycles. The monoisotopic (exact) mass is 226 g/mol. The minimum Gasteiger partial charge on any atom is -0.468 e. The van der Waals surface area contributed by atoms with Crippen LogP contribution in [0.15, 0.2) is 11.6 Å². The van der Waals surface area contributed by atoms with Gasteiger partial charge in [0.1, 0.15) is 0 Å². The number of methoxy groups -OCH3 is 2. The lowest BCUT2D eigenvalue weighted by atomic mass is 9.87. The molecule has 0 radical (unpaired) electrons. The van der Waals surface area contributed by atoms with Gasteiger partial charge in [-0.2, -0.15) is 0 Å². The Bertz CT molecular complexity index is 290. The molecule has 0 amide bonds. The van der Waals surface area contributed by atoms with Crippen LogP contribution in [0.2, 0.25) is 0 Å². The van der Waals surface area contributed by atoms with Gasteiger partial charge in [-0.15, -0.1) is 0 Å². The molecule has 16 heavy (non-hydrogen) atoms. The summed E-state index contributed by atoms with van der Waals surface area (Å²) in [6.45, 7) is 1.87. The number of hydrogen-bond donors (Lipinski definition) is 0. The van der Waals surface area contributed by atoms with Crippen molar-refractivity contribution in [2.45, 2.75) is 26.2 Å². The van der Waals surface area contributed by atoms with Gasteiger partial charge in [0, 0.05) is 5.92 Å². The molecule has 0 aromatic carbocycles. The van der Waals surface area contributed by atoms with E-state index in [2.05, 4.69) is 15.5 Å². The van der Waals surface area contributed by atoms with E-state index in [0.717, 1.165) is 24.8 Å². The minimum absolute atomic E-state index is 0.137. The lowest BCUT2D eigenvalue weighted by Crippen LogP contribution is -2.32. The van der Waals surface area contributed by atoms with Gasteiger partial charge in [0.2, 0.25) is 0 Å². The van der Waals surface area contributed by atoms with Crippen molar-refractivity contribution in [3.05, 3.63) is 11.6 Å². The summed E-state index contributed by atoms with van der Waals surface area (Å²) in [6, 6.07) is 0. The summed E-state index contributed by atoms with van der Waals surface area (Å²) >= 11 is 0. The second kappa shape index (κ2) is 5.68. The summed E-state index contributed by atoms with van der Waals surface area (Å²) in [5, 5.41) is 0. The van der Waals surface area contributed by atoms with Crippen molar-refractivity contribution in [2.24, 2.45) is 11.8 Å². The number of hydrogen-bond acceptors (Lipinski definition) is 4. The standard InChI is InChI=1S/C12H18O4/c1-8(9-6-4-5-7-9)10(11(13)15-2)12(14)16-3/h6,8,10H,4-5,7H2,1-3H3. The summed E-state index contributed by atoms with van der Waals surface area (Å²) in [4.78, 5) is 23.1. The first kappa shape index (κ1) is 12.7. The first-order valence-electron chi connectivity index (χ1n) is 5.46. The number of rotatable bonds is 4. The van der Waals surface area contributed by atoms with E-state index in [1.807, 2.05) is 6.92 Å². The molecule has 0 saturated heterocycles. The largest absolute Gasteiger partial charge is 0.468 e. The Morgan fingerprint density at radius 3 is 2.19 bits per heavy atom. The predicted octanol–water partition coefficient (Wildman–Crippen LogP) is 1.69. The fraction of sp³-hybridized carbons (Fsp3) is 0.667. The SMILES string of the molecule is COC(=O)C(C(=O)OC)C(C)C1=CCCC1. The zero-order valence-corrected chi connectivity index (χ0v) is 9.99. The van der Waals surface area contributed by atoms with Crippen molar-refractivity contribution in [1.82, 2.24) is 0 Å². The maximum atomic E-state index is 11.6. The lowest BCUT2D eigenvalue weighted by molar-refractivity contribution is -0.160. The second-order valence-corrected chi connectivity index (χ2v) is 3.98. The molecule has 1 atom stereocenters. The Morgan fingerprint density at radius 2 is 1.81 bits per heavy atom. The smallest absolute Gasteiger partial charge is 0.320 e. The first-order valence-corrected chi connectivity index (χ1v) is 5.46. The van der Waals surface area contributed by atoms with Crippen molar-refractivity contribution in [3.8, 4) is 0 Å². The maximum Gasteiger partial charge on any atom is 0.320 e. The Balaban J connectivity index is 2.83. The van der Waals surface area contributed by atoms with Crippen LogP contribution in [-0.4, -0.2) is 26.2 Å². The third kappa shape index (κ3) is 2.62. The molecule has 4 heteroatoms. The molecular formula is C12H18O4. The normalized spacial score (nSPS) is 16.9. The van der Waals surface area contributed by atoms with Gasteiger partial charge < -0.3 is 9.47 Å². The van der Waals surface area contributed by atoms with Gasteiger partial charge in [-0.1, -0.05) is 18.6 Å². The Morgan fingerprint density at radius 1 is 1.25 bits per heavy atom. The van der Waals surface area contributed by atoms with Crippen molar-refractivity contribution in [2.75, 3.05) is 14.2 Å². The molecule has 0 fully saturated rings. The van der Waals surface area contributed by atoms with Gasteiger partial charge in [0.25, 0.3) is 0 Å². The van der Waals surface area contributed by atoms with Crippen LogP contribution in [0.5, 0.6) is 0 Å². The van der Waals surface area contributed by atoms with E-state index in [4.69, 9.17) is 0 Å². The second-order valence-electron chi connectivity index (χ2n) is 3.98. The highest BCUT2D eigenvalue weighted by atomic mass is 16.5. The van der Waals surface area contributed by atoms with E-state index in [1.165, 1.54) is 14.2 Å². The van der Waals surface area contributed by atoms with Crippen LogP contribution in [0.4, 0.5) is 0 Å². The zero-order valence-electron chi connectivity index (χ0n) is 9.99. The molecule has 0 heterocycles. The molecule has 90 valence electrons. The summed E-state index contributed by atoms with van der Waals surface area (Å²) in [5.41, 5.74) is 1.15. The van der Waals surface area contributed by atoms with Gasteiger partial charge in [0.15, 0.2) is 5.92 Å². The van der Waals surface area contributed by atoms with E-state index >= 15 is 0 Å². The van der Waals surface area contributed by atoms with Crippen LogP contribution >= 0.6 is 0 Å². The summed E-state index contributed by atoms with van der Waals surface area (Å²) in [6.07, 6.45) is 5.17. The highest BCUT2D eigenvalue weighted by molar-refractivity contribution is 5.95. The van der Waals surface area contributed by atoms with Gasteiger partial charge in [-0.3, -0.25) is 9.59 Å². The average molecular weight is 226 g/mol. The lowest BCUT2D eigenvalue weighted by Gasteiger charge is -2.20. The van der Waals surface area contributed by atoms with Crippen molar-refractivity contribution in [3.63, 3.8) is 0 Å². The van der Waals surface area contributed by atoms with Crippen molar-refractivity contribution in [1.29, 1.82) is 0 Å². The molecule has 0 N–H and O–H groups in total. The number of ether oxygens (including phenoxy) is 2. The van der Waals surface area contributed by atoms with Gasteiger partial charge >= 0.3 is 11.9 Å². The molecule has 0 aliphatic heterocycles. The molecule has 0 bridgehead atoms. The fourth-order valence-electron chi connectivity index (χ4n) is 2.08. The van der Waals surface area contributed by atoms with Crippen molar-refractivity contribution >= 4 is 11.9 Å². The van der Waals surface area contributed by atoms with Gasteiger partial charge in [-0.05, 0) is 19.3 Å². The van der Waals surface area contributed by atoms with E-state index in [1.54, 1.807) is 0 Å². The quantitative estimate of drug-likeness (QED) is 0.416. The van der Waals surface area contributed by atoms with Crippen LogP contribution in [0.25, 0.3) is 0 Å². The zero-order chi connectivity index (χ0) is 12.1. The molecule has 1 unspecified atom stereocenters. The topological polar surface area (TPSA) is 52.6 Å². The highest BCUT2D eigenvalue weighted by Gasteiger charge is 2.36. The molecule has 4 nitrogen and oxygen atoms in total. The Labute approximate surface area is 95.6 Å². The molecule has 0 spiro atoms. The maximum absolute atomic E-state index is 11.6. The molecule has 0 aromatic rings. The van der Waals surface area contributed by atoms with Crippen LogP contribution in [-0.2, 0) is 19.1 Å². The van der Waals surface area contributed by atoms with Crippen LogP contribution < -0.4 is 0 Å². The third-order valence-electron chi connectivity index (χ3n) is 3.07. The molecule has 1 aliphatic carbocycles. The molecular weight excluding hydrogens is 208 g/mol.